The highest BCUT2D eigenvalue weighted by Gasteiger charge is 2.16. The molecular weight excluding hydrogens is 228 g/mol. The van der Waals surface area contributed by atoms with Crippen molar-refractivity contribution in [2.45, 2.75) is 0 Å². The van der Waals surface area contributed by atoms with E-state index >= 15 is 0 Å². The molecule has 1 fully saturated rings. The minimum absolute atomic E-state index is 1.12. The Hall–Kier alpha value is -1.06. The van der Waals surface area contributed by atoms with Gasteiger partial charge < -0.3 is 9.80 Å². The Bertz CT molecular complexity index is 524. The highest BCUT2D eigenvalue weighted by atomic mass is 32.1. The predicted molar refractivity (Wildman–Crippen MR) is 76.0 cm³/mol. The van der Waals surface area contributed by atoms with Crippen LogP contribution in [-0.2, 0) is 0 Å². The minimum Gasteiger partial charge on any atom is -0.368 e. The van der Waals surface area contributed by atoms with Gasteiger partial charge in [-0.2, -0.15) is 0 Å². The van der Waals surface area contributed by atoms with E-state index < -0.39 is 0 Å². The van der Waals surface area contributed by atoms with E-state index in [1.165, 1.54) is 15.8 Å². The second-order valence-electron chi connectivity index (χ2n) is 4.69. The topological polar surface area (TPSA) is 6.48 Å². The van der Waals surface area contributed by atoms with Crippen LogP contribution >= 0.6 is 11.3 Å². The van der Waals surface area contributed by atoms with Crippen LogP contribution in [0.3, 0.4) is 0 Å². The molecule has 1 saturated heterocycles. The number of hydrogen-bond acceptors (Lipinski definition) is 3. The third-order valence-electron chi connectivity index (χ3n) is 3.43. The van der Waals surface area contributed by atoms with Crippen LogP contribution in [0.2, 0.25) is 0 Å². The van der Waals surface area contributed by atoms with Crippen LogP contribution in [0.5, 0.6) is 0 Å². The number of thiophene rings is 1. The van der Waals surface area contributed by atoms with Crippen molar-refractivity contribution in [3.05, 3.63) is 36.1 Å². The molecule has 1 aromatic heterocycles. The average molecular weight is 245 g/mol. The summed E-state index contributed by atoms with van der Waals surface area (Å²) in [5.74, 6) is 0. The number of anilines is 1. The minimum atomic E-state index is 1.12. The number of rotatable bonds is 1. The van der Waals surface area contributed by atoms with Gasteiger partial charge in [0.2, 0.25) is 0 Å². The van der Waals surface area contributed by atoms with Gasteiger partial charge in [-0.05, 0) is 32.2 Å². The molecular formula is C14H17N2S. The molecule has 0 N–H and O–H groups in total. The molecule has 1 aliphatic rings. The lowest BCUT2D eigenvalue weighted by Gasteiger charge is -2.34. The molecule has 2 aromatic rings. The zero-order valence-corrected chi connectivity index (χ0v) is 11.0. The first kappa shape index (κ1) is 11.1. The Labute approximate surface area is 106 Å². The van der Waals surface area contributed by atoms with Gasteiger partial charge in [0.1, 0.15) is 0 Å². The summed E-state index contributed by atoms with van der Waals surface area (Å²) in [4.78, 5) is 6.03. The quantitative estimate of drug-likeness (QED) is 0.762. The van der Waals surface area contributed by atoms with Crippen molar-refractivity contribution in [1.29, 1.82) is 0 Å². The fourth-order valence-electron chi connectivity index (χ4n) is 2.42. The van der Waals surface area contributed by atoms with Crippen LogP contribution in [0, 0.1) is 6.92 Å². The summed E-state index contributed by atoms with van der Waals surface area (Å²) in [6, 6.07) is 8.80. The van der Waals surface area contributed by atoms with E-state index in [0.29, 0.717) is 0 Å². The maximum absolute atomic E-state index is 4.05. The van der Waals surface area contributed by atoms with Gasteiger partial charge in [-0.25, -0.2) is 0 Å². The van der Waals surface area contributed by atoms with Crippen molar-refractivity contribution in [1.82, 2.24) is 4.90 Å². The SMILES string of the molecule is [CH2]c1cc2c(N3CCN(C)CC3)cccc2s1. The summed E-state index contributed by atoms with van der Waals surface area (Å²) in [6.45, 7) is 8.59. The second kappa shape index (κ2) is 4.31. The molecule has 1 radical (unpaired) electrons. The van der Waals surface area contributed by atoms with Gasteiger partial charge in [-0.1, -0.05) is 6.07 Å². The van der Waals surface area contributed by atoms with Crippen molar-refractivity contribution in [3.63, 3.8) is 0 Å². The van der Waals surface area contributed by atoms with Crippen molar-refractivity contribution in [2.24, 2.45) is 0 Å². The van der Waals surface area contributed by atoms with Crippen LogP contribution in [0.1, 0.15) is 4.88 Å². The zero-order valence-electron chi connectivity index (χ0n) is 10.1. The van der Waals surface area contributed by atoms with Gasteiger partial charge in [0.15, 0.2) is 0 Å². The molecule has 3 rings (SSSR count). The molecule has 2 heterocycles. The first-order valence-electron chi connectivity index (χ1n) is 6.02. The van der Waals surface area contributed by atoms with Crippen LogP contribution in [0.15, 0.2) is 24.3 Å². The van der Waals surface area contributed by atoms with Crippen LogP contribution in [0.25, 0.3) is 10.1 Å². The fourth-order valence-corrected chi connectivity index (χ4v) is 3.30. The first-order valence-corrected chi connectivity index (χ1v) is 6.84. The molecule has 0 bridgehead atoms. The summed E-state index contributed by atoms with van der Waals surface area (Å²) in [5.41, 5.74) is 1.38. The van der Waals surface area contributed by atoms with Crippen molar-refractivity contribution < 1.29 is 0 Å². The summed E-state index contributed by atoms with van der Waals surface area (Å²) in [5, 5.41) is 1.37. The van der Waals surface area contributed by atoms with Gasteiger partial charge in [-0.15, -0.1) is 11.3 Å². The summed E-state index contributed by atoms with van der Waals surface area (Å²) >= 11 is 1.78. The molecule has 3 heteroatoms. The number of benzene rings is 1. The maximum atomic E-state index is 4.05. The molecule has 17 heavy (non-hydrogen) atoms. The van der Waals surface area contributed by atoms with Gasteiger partial charge in [0.25, 0.3) is 0 Å². The Morgan fingerprint density at radius 2 is 1.94 bits per heavy atom. The lowest BCUT2D eigenvalue weighted by molar-refractivity contribution is 0.313. The molecule has 0 amide bonds. The fraction of sp³-hybridized carbons (Fsp3) is 0.357. The van der Waals surface area contributed by atoms with Gasteiger partial charge in [0.05, 0.1) is 0 Å². The summed E-state index contributed by atoms with van der Waals surface area (Å²) < 4.78 is 1.35. The molecule has 2 nitrogen and oxygen atoms in total. The number of fused-ring (bicyclic) bond motifs is 1. The highest BCUT2D eigenvalue weighted by Crippen LogP contribution is 2.33. The number of nitrogens with zero attached hydrogens (tertiary/aromatic N) is 2. The van der Waals surface area contributed by atoms with E-state index in [-0.39, 0.29) is 0 Å². The molecule has 89 valence electrons. The highest BCUT2D eigenvalue weighted by molar-refractivity contribution is 7.19. The normalized spacial score (nSPS) is 17.9. The van der Waals surface area contributed by atoms with Crippen LogP contribution in [-0.4, -0.2) is 38.1 Å². The standard InChI is InChI=1S/C14H17N2S/c1-11-10-12-13(4-3-5-14(12)17-11)16-8-6-15(2)7-9-16/h3-5,10H,1,6-9H2,2H3. The lowest BCUT2D eigenvalue weighted by Crippen LogP contribution is -2.44. The largest absolute Gasteiger partial charge is 0.368 e. The van der Waals surface area contributed by atoms with Gasteiger partial charge in [-0.3, -0.25) is 0 Å². The second-order valence-corrected chi connectivity index (χ2v) is 5.86. The van der Waals surface area contributed by atoms with E-state index in [4.69, 9.17) is 0 Å². The number of hydrogen-bond donors (Lipinski definition) is 0. The monoisotopic (exact) mass is 245 g/mol. The van der Waals surface area contributed by atoms with E-state index in [0.717, 1.165) is 31.1 Å². The molecule has 1 aliphatic heterocycles. The summed E-state index contributed by atoms with van der Waals surface area (Å²) in [7, 11) is 2.19. The van der Waals surface area contributed by atoms with E-state index in [9.17, 15) is 0 Å². The smallest absolute Gasteiger partial charge is 0.0455 e. The van der Waals surface area contributed by atoms with E-state index in [1.54, 1.807) is 11.3 Å². The molecule has 0 atom stereocenters. The molecule has 0 spiro atoms. The van der Waals surface area contributed by atoms with Crippen molar-refractivity contribution >= 4 is 27.1 Å². The van der Waals surface area contributed by atoms with Crippen molar-refractivity contribution in [3.8, 4) is 0 Å². The zero-order chi connectivity index (χ0) is 11.8. The molecule has 0 saturated carbocycles. The third kappa shape index (κ3) is 2.05. The Morgan fingerprint density at radius 1 is 1.18 bits per heavy atom. The number of piperazine rings is 1. The average Bonchev–Trinajstić information content (AvgIpc) is 2.70. The Morgan fingerprint density at radius 3 is 2.71 bits per heavy atom. The van der Waals surface area contributed by atoms with Crippen molar-refractivity contribution in [2.75, 3.05) is 38.1 Å². The number of likely N-dealkylation sites (N-methyl/N-ethyl adjacent to an activating group) is 1. The lowest BCUT2D eigenvalue weighted by atomic mass is 10.2. The van der Waals surface area contributed by atoms with E-state index in [1.807, 2.05) is 0 Å². The van der Waals surface area contributed by atoms with Gasteiger partial charge in [0, 0.05) is 46.8 Å². The Kier molecular flexibility index (Phi) is 2.81. The predicted octanol–water partition coefficient (Wildman–Crippen LogP) is 2.84. The van der Waals surface area contributed by atoms with Gasteiger partial charge >= 0.3 is 0 Å². The first-order chi connectivity index (χ1) is 8.24. The van der Waals surface area contributed by atoms with Crippen LogP contribution < -0.4 is 4.90 Å². The van der Waals surface area contributed by atoms with E-state index in [2.05, 4.69) is 48.0 Å². The Balaban J connectivity index is 1.99. The van der Waals surface area contributed by atoms with Crippen LogP contribution in [0.4, 0.5) is 5.69 Å². The third-order valence-corrected chi connectivity index (χ3v) is 4.39. The molecule has 0 aliphatic carbocycles. The maximum Gasteiger partial charge on any atom is 0.0455 e. The molecule has 0 unspecified atom stereocenters. The molecule has 1 aromatic carbocycles. The summed E-state index contributed by atoms with van der Waals surface area (Å²) in [6.07, 6.45) is 0.